The summed E-state index contributed by atoms with van der Waals surface area (Å²) in [4.78, 5) is 11.1. The van der Waals surface area contributed by atoms with Crippen molar-refractivity contribution in [1.82, 2.24) is 0 Å². The number of carboxylic acids is 1. The third-order valence-electron chi connectivity index (χ3n) is 2.55. The maximum absolute atomic E-state index is 12.1. The highest BCUT2D eigenvalue weighted by molar-refractivity contribution is 8.00. The van der Waals surface area contributed by atoms with Crippen molar-refractivity contribution >= 4 is 27.6 Å². The van der Waals surface area contributed by atoms with Gasteiger partial charge in [0.2, 0.25) is 0 Å². The third-order valence-corrected chi connectivity index (χ3v) is 5.56. The lowest BCUT2D eigenvalue weighted by atomic mass is 10.1. The quantitative estimate of drug-likeness (QED) is 0.813. The van der Waals surface area contributed by atoms with Crippen molar-refractivity contribution in [3.63, 3.8) is 0 Å². The first-order valence-corrected chi connectivity index (χ1v) is 8.34. The molecule has 1 rings (SSSR count). The Balaban J connectivity index is 3.09. The van der Waals surface area contributed by atoms with E-state index in [9.17, 15) is 13.2 Å². The summed E-state index contributed by atoms with van der Waals surface area (Å²) in [6, 6.07) is 4.35. The van der Waals surface area contributed by atoms with Crippen LogP contribution in [0.2, 0.25) is 0 Å². The van der Waals surface area contributed by atoms with Crippen molar-refractivity contribution in [2.24, 2.45) is 0 Å². The van der Waals surface area contributed by atoms with Crippen LogP contribution in [0.3, 0.4) is 0 Å². The molecule has 0 aliphatic rings. The molecule has 0 bridgehead atoms. The number of carbonyl (C=O) groups is 1. The molecule has 0 fully saturated rings. The van der Waals surface area contributed by atoms with Crippen molar-refractivity contribution < 1.29 is 18.3 Å². The topological polar surface area (TPSA) is 71.4 Å². The van der Waals surface area contributed by atoms with Gasteiger partial charge in [0.15, 0.2) is 9.84 Å². The summed E-state index contributed by atoms with van der Waals surface area (Å²) >= 11 is 1.55. The molecule has 0 unspecified atom stereocenters. The van der Waals surface area contributed by atoms with E-state index >= 15 is 0 Å². The van der Waals surface area contributed by atoms with E-state index in [4.69, 9.17) is 5.11 Å². The van der Waals surface area contributed by atoms with Crippen LogP contribution in [0.5, 0.6) is 0 Å². The molecule has 4 nitrogen and oxygen atoms in total. The van der Waals surface area contributed by atoms with E-state index in [1.165, 1.54) is 25.1 Å². The fourth-order valence-electron chi connectivity index (χ4n) is 1.61. The van der Waals surface area contributed by atoms with Gasteiger partial charge in [0.05, 0.1) is 16.2 Å². The van der Waals surface area contributed by atoms with Gasteiger partial charge in [-0.3, -0.25) is 0 Å². The molecular formula is C12H16O4S2. The van der Waals surface area contributed by atoms with Gasteiger partial charge in [-0.25, -0.2) is 13.2 Å². The van der Waals surface area contributed by atoms with Crippen LogP contribution >= 0.6 is 11.8 Å². The predicted molar refractivity (Wildman–Crippen MR) is 73.2 cm³/mol. The van der Waals surface area contributed by atoms with E-state index in [-0.39, 0.29) is 16.2 Å². The van der Waals surface area contributed by atoms with E-state index in [1.54, 1.807) is 11.8 Å². The summed E-state index contributed by atoms with van der Waals surface area (Å²) in [6.45, 7) is 3.50. The molecule has 0 spiro atoms. The standard InChI is InChI=1S/C12H16O4S2/c1-3-17-7-8-18(15,16)11-6-4-5-10(9(11)2)12(13)14/h4-6H,3,7-8H2,1-2H3,(H,13,14). The lowest BCUT2D eigenvalue weighted by Crippen LogP contribution is -2.12. The fourth-order valence-corrected chi connectivity index (χ4v) is 4.33. The number of carboxylic acid groups (broad SMARTS) is 1. The van der Waals surface area contributed by atoms with Gasteiger partial charge < -0.3 is 5.11 Å². The molecule has 0 amide bonds. The zero-order valence-electron chi connectivity index (χ0n) is 10.3. The predicted octanol–water partition coefficient (Wildman–Crippen LogP) is 2.22. The minimum absolute atomic E-state index is 0.0371. The zero-order chi connectivity index (χ0) is 13.8. The summed E-state index contributed by atoms with van der Waals surface area (Å²) in [5.74, 6) is 0.321. The van der Waals surface area contributed by atoms with Crippen molar-refractivity contribution in [2.75, 3.05) is 17.3 Å². The van der Waals surface area contributed by atoms with Crippen LogP contribution in [-0.4, -0.2) is 36.8 Å². The number of sulfone groups is 1. The van der Waals surface area contributed by atoms with Crippen LogP contribution in [0.4, 0.5) is 0 Å². The molecule has 0 aliphatic carbocycles. The fraction of sp³-hybridized carbons (Fsp3) is 0.417. The number of thioether (sulfide) groups is 1. The van der Waals surface area contributed by atoms with Crippen molar-refractivity contribution in [1.29, 1.82) is 0 Å². The van der Waals surface area contributed by atoms with Crippen LogP contribution in [0.15, 0.2) is 23.1 Å². The molecule has 18 heavy (non-hydrogen) atoms. The van der Waals surface area contributed by atoms with Crippen molar-refractivity contribution in [2.45, 2.75) is 18.7 Å². The molecule has 0 radical (unpaired) electrons. The molecule has 0 heterocycles. The number of aromatic carboxylic acids is 1. The lowest BCUT2D eigenvalue weighted by Gasteiger charge is -2.09. The van der Waals surface area contributed by atoms with E-state index in [1.807, 2.05) is 6.92 Å². The Hall–Kier alpha value is -1.01. The highest BCUT2D eigenvalue weighted by Gasteiger charge is 2.20. The van der Waals surface area contributed by atoms with Crippen LogP contribution in [0.25, 0.3) is 0 Å². The molecule has 1 aromatic rings. The normalized spacial score (nSPS) is 11.4. The molecule has 0 aromatic heterocycles. The first kappa shape index (κ1) is 15.0. The summed E-state index contributed by atoms with van der Waals surface area (Å²) < 4.78 is 24.2. The average molecular weight is 288 g/mol. The van der Waals surface area contributed by atoms with Crippen LogP contribution < -0.4 is 0 Å². The second kappa shape index (κ2) is 6.24. The van der Waals surface area contributed by atoms with Crippen LogP contribution in [0.1, 0.15) is 22.8 Å². The number of rotatable bonds is 6. The molecule has 1 aromatic carbocycles. The minimum atomic E-state index is -3.40. The minimum Gasteiger partial charge on any atom is -0.478 e. The van der Waals surface area contributed by atoms with Crippen LogP contribution in [-0.2, 0) is 9.84 Å². The molecule has 6 heteroatoms. The number of hydrogen-bond donors (Lipinski definition) is 1. The second-order valence-electron chi connectivity index (χ2n) is 3.75. The first-order chi connectivity index (χ1) is 8.40. The Kier molecular flexibility index (Phi) is 5.22. The van der Waals surface area contributed by atoms with E-state index in [0.717, 1.165) is 5.75 Å². The first-order valence-electron chi connectivity index (χ1n) is 5.53. The van der Waals surface area contributed by atoms with Crippen LogP contribution in [0, 0.1) is 6.92 Å². The smallest absolute Gasteiger partial charge is 0.335 e. The molecule has 100 valence electrons. The molecular weight excluding hydrogens is 272 g/mol. The van der Waals surface area contributed by atoms with Gasteiger partial charge in [-0.05, 0) is 30.4 Å². The SMILES string of the molecule is CCSCCS(=O)(=O)c1cccc(C(=O)O)c1C. The van der Waals surface area contributed by atoms with E-state index in [2.05, 4.69) is 0 Å². The lowest BCUT2D eigenvalue weighted by molar-refractivity contribution is 0.0696. The van der Waals surface area contributed by atoms with Crippen molar-refractivity contribution in [3.05, 3.63) is 29.3 Å². The average Bonchev–Trinajstić information content (AvgIpc) is 2.28. The summed E-state index contributed by atoms with van der Waals surface area (Å²) in [6.07, 6.45) is 0. The highest BCUT2D eigenvalue weighted by atomic mass is 32.2. The van der Waals surface area contributed by atoms with Gasteiger partial charge in [0, 0.05) is 5.75 Å². The van der Waals surface area contributed by atoms with Gasteiger partial charge in [-0.1, -0.05) is 13.0 Å². The number of benzene rings is 1. The molecule has 1 N–H and O–H groups in total. The summed E-state index contributed by atoms with van der Waals surface area (Å²) in [5, 5.41) is 8.97. The monoisotopic (exact) mass is 288 g/mol. The largest absolute Gasteiger partial charge is 0.478 e. The maximum Gasteiger partial charge on any atom is 0.335 e. The van der Waals surface area contributed by atoms with Gasteiger partial charge in [-0.15, -0.1) is 0 Å². The zero-order valence-corrected chi connectivity index (χ0v) is 12.0. The summed E-state index contributed by atoms with van der Waals surface area (Å²) in [7, 11) is -3.40. The van der Waals surface area contributed by atoms with Gasteiger partial charge in [-0.2, -0.15) is 11.8 Å². The molecule has 0 saturated heterocycles. The summed E-state index contributed by atoms with van der Waals surface area (Å²) in [5.41, 5.74) is 0.353. The molecule has 0 saturated carbocycles. The Labute approximate surface area is 111 Å². The van der Waals surface area contributed by atoms with Gasteiger partial charge in [0.1, 0.15) is 0 Å². The number of hydrogen-bond acceptors (Lipinski definition) is 4. The Morgan fingerprint density at radius 3 is 2.61 bits per heavy atom. The molecule has 0 aliphatic heterocycles. The van der Waals surface area contributed by atoms with Gasteiger partial charge >= 0.3 is 5.97 Å². The third kappa shape index (κ3) is 3.49. The Morgan fingerprint density at radius 2 is 2.06 bits per heavy atom. The van der Waals surface area contributed by atoms with Gasteiger partial charge in [0.25, 0.3) is 0 Å². The Bertz CT molecular complexity index is 535. The second-order valence-corrected chi connectivity index (χ2v) is 7.22. The van der Waals surface area contributed by atoms with E-state index < -0.39 is 15.8 Å². The molecule has 0 atom stereocenters. The van der Waals surface area contributed by atoms with E-state index in [0.29, 0.717) is 11.3 Å². The maximum atomic E-state index is 12.1. The van der Waals surface area contributed by atoms with Crippen molar-refractivity contribution in [3.8, 4) is 0 Å². The highest BCUT2D eigenvalue weighted by Crippen LogP contribution is 2.21. The Morgan fingerprint density at radius 1 is 1.39 bits per heavy atom.